The zero-order valence-corrected chi connectivity index (χ0v) is 9.22. The number of rotatable bonds is 4. The molecule has 6 heteroatoms. The number of carbonyl (C=O) groups is 1. The third-order valence-electron chi connectivity index (χ3n) is 1.57. The van der Waals surface area contributed by atoms with Gasteiger partial charge in [0.15, 0.2) is 0 Å². The second-order valence-electron chi connectivity index (χ2n) is 3.04. The zero-order valence-electron chi connectivity index (χ0n) is 8.40. The first-order chi connectivity index (χ1) is 6.63. The number of methoxy groups -OCH3 is 1. The van der Waals surface area contributed by atoms with E-state index in [1.54, 1.807) is 0 Å². The summed E-state index contributed by atoms with van der Waals surface area (Å²) >= 11 is 1.25. The topological polar surface area (TPSA) is 64.1 Å². The Morgan fingerprint density at radius 3 is 2.86 bits per heavy atom. The summed E-state index contributed by atoms with van der Waals surface area (Å²) < 4.78 is 8.62. The van der Waals surface area contributed by atoms with E-state index < -0.39 is 0 Å². The van der Waals surface area contributed by atoms with E-state index in [-0.39, 0.29) is 12.5 Å². The van der Waals surface area contributed by atoms with Gasteiger partial charge < -0.3 is 10.1 Å². The molecule has 0 radical (unpaired) electrons. The lowest BCUT2D eigenvalue weighted by Crippen LogP contribution is -2.14. The third kappa shape index (κ3) is 2.95. The monoisotopic (exact) mass is 215 g/mol. The summed E-state index contributed by atoms with van der Waals surface area (Å²) in [7, 11) is 1.35. The van der Waals surface area contributed by atoms with Crippen molar-refractivity contribution in [2.24, 2.45) is 0 Å². The molecule has 0 bridgehead atoms. The maximum Gasteiger partial charge on any atom is 0.325 e. The Morgan fingerprint density at radius 1 is 1.64 bits per heavy atom. The Kier molecular flexibility index (Phi) is 3.82. The van der Waals surface area contributed by atoms with Gasteiger partial charge in [0.1, 0.15) is 12.4 Å². The average molecular weight is 215 g/mol. The molecule has 78 valence electrons. The van der Waals surface area contributed by atoms with Gasteiger partial charge >= 0.3 is 5.97 Å². The van der Waals surface area contributed by atoms with E-state index in [1.807, 2.05) is 13.8 Å². The summed E-state index contributed by atoms with van der Waals surface area (Å²) in [5.41, 5.74) is 0. The first kappa shape index (κ1) is 10.9. The van der Waals surface area contributed by atoms with Crippen LogP contribution in [0.5, 0.6) is 0 Å². The zero-order chi connectivity index (χ0) is 10.6. The highest BCUT2D eigenvalue weighted by atomic mass is 32.1. The molecule has 0 saturated carbocycles. The van der Waals surface area contributed by atoms with Gasteiger partial charge in [0.2, 0.25) is 5.13 Å². The van der Waals surface area contributed by atoms with Gasteiger partial charge in [0.05, 0.1) is 7.11 Å². The molecule has 1 aromatic rings. The van der Waals surface area contributed by atoms with E-state index in [2.05, 4.69) is 19.4 Å². The molecule has 0 amide bonds. The standard InChI is InChI=1S/C8H13N3O2S/c1-5(2)7-10-8(14-11-7)9-4-6(12)13-3/h5H,4H2,1-3H3,(H,9,10,11). The van der Waals surface area contributed by atoms with Crippen molar-refractivity contribution in [3.63, 3.8) is 0 Å². The third-order valence-corrected chi connectivity index (χ3v) is 2.26. The molecular weight excluding hydrogens is 202 g/mol. The number of hydrogen-bond acceptors (Lipinski definition) is 6. The highest BCUT2D eigenvalue weighted by Crippen LogP contribution is 2.16. The predicted molar refractivity (Wildman–Crippen MR) is 54.5 cm³/mol. The van der Waals surface area contributed by atoms with Crippen LogP contribution in [0.25, 0.3) is 0 Å². The van der Waals surface area contributed by atoms with Gasteiger partial charge in [-0.2, -0.15) is 4.37 Å². The van der Waals surface area contributed by atoms with Crippen molar-refractivity contribution >= 4 is 22.6 Å². The van der Waals surface area contributed by atoms with Crippen LogP contribution in [-0.4, -0.2) is 29.0 Å². The summed E-state index contributed by atoms with van der Waals surface area (Å²) in [5, 5.41) is 3.49. The minimum Gasteiger partial charge on any atom is -0.468 e. The molecule has 5 nitrogen and oxygen atoms in total. The highest BCUT2D eigenvalue weighted by molar-refractivity contribution is 7.09. The summed E-state index contributed by atoms with van der Waals surface area (Å²) in [6.07, 6.45) is 0. The number of aromatic nitrogens is 2. The molecule has 1 heterocycles. The van der Waals surface area contributed by atoms with Crippen molar-refractivity contribution in [3.05, 3.63) is 5.82 Å². The molecule has 1 N–H and O–H groups in total. The summed E-state index contributed by atoms with van der Waals surface area (Å²) in [6.45, 7) is 4.17. The first-order valence-electron chi connectivity index (χ1n) is 4.27. The molecule has 0 aliphatic carbocycles. The van der Waals surface area contributed by atoms with Gasteiger partial charge in [-0.05, 0) is 0 Å². The molecule has 1 rings (SSSR count). The molecule has 0 aromatic carbocycles. The molecular formula is C8H13N3O2S. The van der Waals surface area contributed by atoms with Crippen LogP contribution in [-0.2, 0) is 9.53 Å². The van der Waals surface area contributed by atoms with E-state index >= 15 is 0 Å². The van der Waals surface area contributed by atoms with Crippen LogP contribution in [0.1, 0.15) is 25.6 Å². The SMILES string of the molecule is COC(=O)CNc1nc(C(C)C)ns1. The second-order valence-corrected chi connectivity index (χ2v) is 3.79. The molecule has 0 fully saturated rings. The predicted octanol–water partition coefficient (Wildman–Crippen LogP) is 1.25. The normalized spacial score (nSPS) is 10.3. The maximum atomic E-state index is 10.8. The van der Waals surface area contributed by atoms with Crippen LogP contribution in [0.4, 0.5) is 5.13 Å². The Labute approximate surface area is 86.7 Å². The molecule has 0 saturated heterocycles. The molecule has 0 spiro atoms. The minimum absolute atomic E-state index is 0.128. The van der Waals surface area contributed by atoms with Gasteiger partial charge in [0.25, 0.3) is 0 Å². The van der Waals surface area contributed by atoms with Crippen molar-refractivity contribution in [2.45, 2.75) is 19.8 Å². The van der Waals surface area contributed by atoms with Gasteiger partial charge in [0, 0.05) is 17.5 Å². The number of hydrogen-bond donors (Lipinski definition) is 1. The highest BCUT2D eigenvalue weighted by Gasteiger charge is 2.08. The number of carbonyl (C=O) groups excluding carboxylic acids is 1. The van der Waals surface area contributed by atoms with Crippen LogP contribution >= 0.6 is 11.5 Å². The largest absolute Gasteiger partial charge is 0.468 e. The van der Waals surface area contributed by atoms with Gasteiger partial charge in [-0.15, -0.1) is 0 Å². The van der Waals surface area contributed by atoms with E-state index in [0.29, 0.717) is 11.0 Å². The van der Waals surface area contributed by atoms with Crippen LogP contribution in [0.3, 0.4) is 0 Å². The van der Waals surface area contributed by atoms with Crippen LogP contribution in [0, 0.1) is 0 Å². The number of anilines is 1. The number of esters is 1. The Morgan fingerprint density at radius 2 is 2.36 bits per heavy atom. The average Bonchev–Trinajstić information content (AvgIpc) is 2.62. The summed E-state index contributed by atoms with van der Waals surface area (Å²) in [5.74, 6) is 0.786. The lowest BCUT2D eigenvalue weighted by Gasteiger charge is -1.99. The van der Waals surface area contributed by atoms with Crippen LogP contribution in [0.2, 0.25) is 0 Å². The van der Waals surface area contributed by atoms with Crippen LogP contribution in [0.15, 0.2) is 0 Å². The Balaban J connectivity index is 2.48. The van der Waals surface area contributed by atoms with Crippen LogP contribution < -0.4 is 5.32 Å². The van der Waals surface area contributed by atoms with E-state index in [1.165, 1.54) is 18.6 Å². The maximum absolute atomic E-state index is 10.8. The van der Waals surface area contributed by atoms with Gasteiger partial charge in [-0.1, -0.05) is 13.8 Å². The summed E-state index contributed by atoms with van der Waals surface area (Å²) in [6, 6.07) is 0. The number of ether oxygens (including phenoxy) is 1. The fourth-order valence-corrected chi connectivity index (χ4v) is 1.46. The molecule has 0 unspecified atom stereocenters. The first-order valence-corrected chi connectivity index (χ1v) is 5.05. The van der Waals surface area contributed by atoms with Gasteiger partial charge in [-0.25, -0.2) is 4.98 Å². The molecule has 0 atom stereocenters. The van der Waals surface area contributed by atoms with E-state index in [0.717, 1.165) is 5.82 Å². The quantitative estimate of drug-likeness (QED) is 0.766. The lowest BCUT2D eigenvalue weighted by atomic mass is 10.2. The smallest absolute Gasteiger partial charge is 0.325 e. The summed E-state index contributed by atoms with van der Waals surface area (Å²) in [4.78, 5) is 15.0. The Hall–Kier alpha value is -1.17. The fraction of sp³-hybridized carbons (Fsp3) is 0.625. The Bertz CT molecular complexity index is 311. The molecule has 0 aliphatic rings. The van der Waals surface area contributed by atoms with Crippen molar-refractivity contribution in [1.29, 1.82) is 0 Å². The van der Waals surface area contributed by atoms with Crippen molar-refractivity contribution in [3.8, 4) is 0 Å². The van der Waals surface area contributed by atoms with Gasteiger partial charge in [-0.3, -0.25) is 4.79 Å². The number of nitrogens with one attached hydrogen (secondary N) is 1. The van der Waals surface area contributed by atoms with Crippen molar-refractivity contribution in [1.82, 2.24) is 9.36 Å². The van der Waals surface area contributed by atoms with Crippen molar-refractivity contribution < 1.29 is 9.53 Å². The second kappa shape index (κ2) is 4.90. The van der Waals surface area contributed by atoms with Crippen molar-refractivity contribution in [2.75, 3.05) is 19.0 Å². The number of nitrogens with zero attached hydrogens (tertiary/aromatic N) is 2. The fourth-order valence-electron chi connectivity index (χ4n) is 0.761. The minimum atomic E-state index is -0.314. The molecule has 1 aromatic heterocycles. The van der Waals surface area contributed by atoms with E-state index in [9.17, 15) is 4.79 Å². The van der Waals surface area contributed by atoms with E-state index in [4.69, 9.17) is 0 Å². The molecule has 14 heavy (non-hydrogen) atoms. The molecule has 0 aliphatic heterocycles. The lowest BCUT2D eigenvalue weighted by molar-refractivity contribution is -0.138.